The number of benzene rings is 2. The maximum atomic E-state index is 13.1. The Morgan fingerprint density at radius 3 is 2.56 bits per heavy atom. The van der Waals surface area contributed by atoms with Gasteiger partial charge in [-0.05, 0) is 43.2 Å². The monoisotopic (exact) mass is 481 g/mol. The lowest BCUT2D eigenvalue weighted by molar-refractivity contribution is -0.385. The molecule has 3 amide bonds. The molecule has 0 atom stereocenters. The Labute approximate surface area is 197 Å². The van der Waals surface area contributed by atoms with Crippen molar-refractivity contribution in [2.24, 2.45) is 0 Å². The Bertz CT molecular complexity index is 1330. The predicted octanol–water partition coefficient (Wildman–Crippen LogP) is 3.09. The van der Waals surface area contributed by atoms with Gasteiger partial charge in [0.1, 0.15) is 12.1 Å². The molecule has 0 radical (unpaired) electrons. The molecule has 0 unspecified atom stereocenters. The second kappa shape index (κ2) is 8.34. The molecule has 0 N–H and O–H groups in total. The van der Waals surface area contributed by atoms with Crippen LogP contribution in [0, 0.1) is 10.1 Å². The highest BCUT2D eigenvalue weighted by Crippen LogP contribution is 2.32. The molecule has 0 spiro atoms. The number of nitro groups is 1. The van der Waals surface area contributed by atoms with Gasteiger partial charge in [-0.25, -0.2) is 0 Å². The number of carbonyl (C=O) groups excluding carboxylic acids is 3. The first-order valence-corrected chi connectivity index (χ1v) is 10.7. The van der Waals surface area contributed by atoms with Crippen molar-refractivity contribution < 1.29 is 23.7 Å². The van der Waals surface area contributed by atoms with Crippen molar-refractivity contribution in [1.29, 1.82) is 0 Å². The standard InChI is InChI=1S/C22H16ClN5O6/c23-13-6-4-12(5-7-13)20-25-24-17(34-20)10-26(14-8-9-14)18(29)11-27-21(30)15-2-1-3-16(28(32)33)19(15)22(27)31/h1-7,14H,8-11H2. The number of fused-ring (bicyclic) bond motifs is 1. The van der Waals surface area contributed by atoms with Gasteiger partial charge in [-0.3, -0.25) is 29.4 Å². The summed E-state index contributed by atoms with van der Waals surface area (Å²) in [5.74, 6) is -1.63. The van der Waals surface area contributed by atoms with E-state index in [9.17, 15) is 24.5 Å². The van der Waals surface area contributed by atoms with Crippen molar-refractivity contribution in [1.82, 2.24) is 20.0 Å². The molecule has 1 aliphatic heterocycles. The minimum absolute atomic E-state index is 0.00735. The molecule has 3 aromatic rings. The number of carbonyl (C=O) groups is 3. The van der Waals surface area contributed by atoms with E-state index in [4.69, 9.17) is 16.0 Å². The summed E-state index contributed by atoms with van der Waals surface area (Å²) in [5.41, 5.74) is -0.187. The maximum absolute atomic E-state index is 13.1. The van der Waals surface area contributed by atoms with Gasteiger partial charge >= 0.3 is 0 Å². The molecule has 2 aromatic carbocycles. The van der Waals surface area contributed by atoms with E-state index in [0.717, 1.165) is 23.8 Å². The number of aromatic nitrogens is 2. The van der Waals surface area contributed by atoms with Crippen LogP contribution in [0.4, 0.5) is 5.69 Å². The van der Waals surface area contributed by atoms with Gasteiger partial charge in [0.25, 0.3) is 17.5 Å². The summed E-state index contributed by atoms with van der Waals surface area (Å²) in [4.78, 5) is 51.4. The summed E-state index contributed by atoms with van der Waals surface area (Å²) >= 11 is 5.90. The van der Waals surface area contributed by atoms with Gasteiger partial charge in [0.05, 0.1) is 17.0 Å². The normalized spacial score (nSPS) is 14.9. The highest BCUT2D eigenvalue weighted by Gasteiger charge is 2.43. The van der Waals surface area contributed by atoms with Crippen molar-refractivity contribution in [2.45, 2.75) is 25.4 Å². The van der Waals surface area contributed by atoms with Crippen LogP contribution in [0.2, 0.25) is 5.02 Å². The smallest absolute Gasteiger partial charge is 0.282 e. The molecule has 12 heteroatoms. The summed E-state index contributed by atoms with van der Waals surface area (Å²) in [5, 5.41) is 19.9. The number of rotatable bonds is 7. The van der Waals surface area contributed by atoms with E-state index in [-0.39, 0.29) is 35.5 Å². The first-order chi connectivity index (χ1) is 16.3. The SMILES string of the molecule is O=C1c2cccc([N+](=O)[O-])c2C(=O)N1CC(=O)N(Cc1nnc(-c2ccc(Cl)cc2)o1)C1CC1. The Morgan fingerprint density at radius 1 is 1.15 bits per heavy atom. The van der Waals surface area contributed by atoms with E-state index < -0.39 is 34.9 Å². The number of hydrogen-bond donors (Lipinski definition) is 0. The van der Waals surface area contributed by atoms with Gasteiger partial charge < -0.3 is 9.32 Å². The first-order valence-electron chi connectivity index (χ1n) is 10.3. The quantitative estimate of drug-likeness (QED) is 0.285. The lowest BCUT2D eigenvalue weighted by Crippen LogP contribution is -2.43. The van der Waals surface area contributed by atoms with E-state index in [0.29, 0.717) is 10.6 Å². The number of amides is 3. The van der Waals surface area contributed by atoms with Crippen LogP contribution in [0.1, 0.15) is 39.4 Å². The number of hydrogen-bond acceptors (Lipinski definition) is 8. The van der Waals surface area contributed by atoms with Crippen molar-refractivity contribution in [3.8, 4) is 11.5 Å². The maximum Gasteiger partial charge on any atom is 0.282 e. The number of imide groups is 1. The predicted molar refractivity (Wildman–Crippen MR) is 117 cm³/mol. The van der Waals surface area contributed by atoms with Gasteiger partial charge in [-0.15, -0.1) is 10.2 Å². The molecule has 1 fully saturated rings. The van der Waals surface area contributed by atoms with E-state index in [1.165, 1.54) is 17.0 Å². The third-order valence-electron chi connectivity index (χ3n) is 5.64. The lowest BCUT2D eigenvalue weighted by atomic mass is 10.1. The number of nitro benzene ring substituents is 1. The Morgan fingerprint density at radius 2 is 1.88 bits per heavy atom. The van der Waals surface area contributed by atoms with Gasteiger partial charge in [0.2, 0.25) is 17.7 Å². The number of halogens is 1. The molecule has 1 aromatic heterocycles. The highest BCUT2D eigenvalue weighted by atomic mass is 35.5. The topological polar surface area (TPSA) is 140 Å². The number of nitrogens with zero attached hydrogens (tertiary/aromatic N) is 5. The fourth-order valence-corrected chi connectivity index (χ4v) is 3.94. The van der Waals surface area contributed by atoms with Gasteiger partial charge in [0.15, 0.2) is 0 Å². The van der Waals surface area contributed by atoms with Crippen molar-refractivity contribution in [3.05, 3.63) is 74.6 Å². The average Bonchev–Trinajstić information content (AvgIpc) is 3.51. The molecule has 0 saturated heterocycles. The largest absolute Gasteiger partial charge is 0.419 e. The Kier molecular flexibility index (Phi) is 5.33. The van der Waals surface area contributed by atoms with Crippen LogP contribution in [-0.4, -0.2) is 55.2 Å². The molecule has 11 nitrogen and oxygen atoms in total. The third kappa shape index (κ3) is 3.90. The molecular weight excluding hydrogens is 466 g/mol. The van der Waals surface area contributed by atoms with Gasteiger partial charge in [0, 0.05) is 22.7 Å². The Balaban J connectivity index is 1.33. The molecule has 34 heavy (non-hydrogen) atoms. The molecule has 0 bridgehead atoms. The highest BCUT2D eigenvalue weighted by molar-refractivity contribution is 6.30. The van der Waals surface area contributed by atoms with Crippen LogP contribution in [-0.2, 0) is 11.3 Å². The van der Waals surface area contributed by atoms with E-state index in [2.05, 4.69) is 10.2 Å². The van der Waals surface area contributed by atoms with E-state index in [1.54, 1.807) is 24.3 Å². The minimum atomic E-state index is -0.862. The summed E-state index contributed by atoms with van der Waals surface area (Å²) in [7, 11) is 0. The van der Waals surface area contributed by atoms with Crippen LogP contribution in [0.5, 0.6) is 0 Å². The molecular formula is C22H16ClN5O6. The van der Waals surface area contributed by atoms with Gasteiger partial charge in [-0.2, -0.15) is 0 Å². The average molecular weight is 482 g/mol. The first kappa shape index (κ1) is 21.7. The molecule has 5 rings (SSSR count). The Hall–Kier alpha value is -4.12. The molecule has 172 valence electrons. The third-order valence-corrected chi connectivity index (χ3v) is 5.89. The second-order valence-electron chi connectivity index (χ2n) is 7.91. The summed E-state index contributed by atoms with van der Waals surface area (Å²) in [6.45, 7) is -0.536. The fraction of sp³-hybridized carbons (Fsp3) is 0.227. The minimum Gasteiger partial charge on any atom is -0.419 e. The van der Waals surface area contributed by atoms with Crippen molar-refractivity contribution >= 4 is 35.0 Å². The van der Waals surface area contributed by atoms with E-state index >= 15 is 0 Å². The second-order valence-corrected chi connectivity index (χ2v) is 8.35. The van der Waals surface area contributed by atoms with Crippen LogP contribution in [0.25, 0.3) is 11.5 Å². The fourth-order valence-electron chi connectivity index (χ4n) is 3.82. The summed E-state index contributed by atoms with van der Waals surface area (Å²) in [6, 6.07) is 10.6. The van der Waals surface area contributed by atoms with Crippen molar-refractivity contribution in [2.75, 3.05) is 6.54 Å². The zero-order chi connectivity index (χ0) is 24.0. The van der Waals surface area contributed by atoms with Crippen LogP contribution < -0.4 is 0 Å². The zero-order valence-corrected chi connectivity index (χ0v) is 18.3. The summed E-state index contributed by atoms with van der Waals surface area (Å²) in [6.07, 6.45) is 1.52. The zero-order valence-electron chi connectivity index (χ0n) is 17.5. The lowest BCUT2D eigenvalue weighted by Gasteiger charge is -2.23. The van der Waals surface area contributed by atoms with Crippen LogP contribution in [0.15, 0.2) is 46.9 Å². The molecule has 1 saturated carbocycles. The van der Waals surface area contributed by atoms with Gasteiger partial charge in [-0.1, -0.05) is 17.7 Å². The molecule has 2 heterocycles. The molecule has 2 aliphatic rings. The van der Waals surface area contributed by atoms with E-state index in [1.807, 2.05) is 0 Å². The van der Waals surface area contributed by atoms with Crippen LogP contribution >= 0.6 is 11.6 Å². The van der Waals surface area contributed by atoms with Crippen LogP contribution in [0.3, 0.4) is 0 Å². The summed E-state index contributed by atoms with van der Waals surface area (Å²) < 4.78 is 5.69. The van der Waals surface area contributed by atoms with Crippen molar-refractivity contribution in [3.63, 3.8) is 0 Å². The molecule has 1 aliphatic carbocycles.